The van der Waals surface area contributed by atoms with Crippen molar-refractivity contribution in [3.05, 3.63) is 35.4 Å². The molecule has 4 heteroatoms. The second-order valence-electron chi connectivity index (χ2n) is 5.74. The van der Waals surface area contributed by atoms with Crippen LogP contribution in [0.4, 0.5) is 5.69 Å². The molecule has 0 atom stereocenters. The van der Waals surface area contributed by atoms with Gasteiger partial charge in [-0.3, -0.25) is 4.79 Å². The second-order valence-corrected chi connectivity index (χ2v) is 5.74. The number of amides is 1. The summed E-state index contributed by atoms with van der Waals surface area (Å²) in [6.45, 7) is 7.97. The van der Waals surface area contributed by atoms with Crippen LogP contribution in [0.5, 0.6) is 0 Å². The van der Waals surface area contributed by atoms with Crippen LogP contribution in [0.2, 0.25) is 0 Å². The average molecular weight is 271 g/mol. The minimum absolute atomic E-state index is 0.0167. The van der Waals surface area contributed by atoms with Crippen LogP contribution < -0.4 is 10.3 Å². The Bertz CT molecular complexity index is 600. The van der Waals surface area contributed by atoms with Gasteiger partial charge in [0.15, 0.2) is 0 Å². The van der Waals surface area contributed by atoms with Gasteiger partial charge in [0.05, 0.1) is 11.8 Å². The number of hydrogen-bond acceptors (Lipinski definition) is 3. The SMILES string of the molecule is CC(=O)N/N=C/c1ccc2c(c1)C(C)=CC(C)(C)N2C. The fraction of sp³-hybridized carbons (Fsp3) is 0.375. The molecule has 0 aromatic heterocycles. The first-order valence-corrected chi connectivity index (χ1v) is 6.68. The molecule has 4 nitrogen and oxygen atoms in total. The molecule has 1 N–H and O–H groups in total. The van der Waals surface area contributed by atoms with E-state index in [0.29, 0.717) is 0 Å². The molecule has 0 fully saturated rings. The number of rotatable bonds is 2. The van der Waals surface area contributed by atoms with Crippen molar-refractivity contribution in [1.29, 1.82) is 0 Å². The molecule has 1 aromatic rings. The maximum absolute atomic E-state index is 10.8. The number of carbonyl (C=O) groups excluding carboxylic acids is 1. The van der Waals surface area contributed by atoms with Gasteiger partial charge >= 0.3 is 0 Å². The molecule has 1 amide bonds. The fourth-order valence-corrected chi connectivity index (χ4v) is 2.45. The summed E-state index contributed by atoms with van der Waals surface area (Å²) in [6, 6.07) is 6.20. The van der Waals surface area contributed by atoms with Gasteiger partial charge in [-0.15, -0.1) is 0 Å². The molecule has 106 valence electrons. The molecule has 1 aromatic carbocycles. The third-order valence-electron chi connectivity index (χ3n) is 3.68. The van der Waals surface area contributed by atoms with Crippen molar-refractivity contribution < 1.29 is 4.79 Å². The van der Waals surface area contributed by atoms with Gasteiger partial charge in [0.1, 0.15) is 0 Å². The summed E-state index contributed by atoms with van der Waals surface area (Å²) in [4.78, 5) is 13.1. The molecule has 0 bridgehead atoms. The van der Waals surface area contributed by atoms with Crippen LogP contribution in [-0.2, 0) is 4.79 Å². The van der Waals surface area contributed by atoms with Gasteiger partial charge in [-0.25, -0.2) is 5.43 Å². The minimum atomic E-state index is -0.170. The van der Waals surface area contributed by atoms with E-state index in [2.05, 4.69) is 61.5 Å². The number of nitrogens with one attached hydrogen (secondary N) is 1. The highest BCUT2D eigenvalue weighted by atomic mass is 16.2. The highest BCUT2D eigenvalue weighted by Gasteiger charge is 2.28. The molecule has 1 aliphatic heterocycles. The summed E-state index contributed by atoms with van der Waals surface area (Å²) in [7, 11) is 2.10. The van der Waals surface area contributed by atoms with Crippen LogP contribution in [0.15, 0.2) is 29.4 Å². The Balaban J connectivity index is 2.35. The first kappa shape index (κ1) is 14.3. The number of anilines is 1. The fourth-order valence-electron chi connectivity index (χ4n) is 2.45. The number of allylic oxidation sites excluding steroid dienone is 1. The molecule has 0 saturated carbocycles. The summed E-state index contributed by atoms with van der Waals surface area (Å²) in [5, 5.41) is 3.91. The van der Waals surface area contributed by atoms with Gasteiger partial charge in [0, 0.05) is 25.2 Å². The van der Waals surface area contributed by atoms with Gasteiger partial charge in [-0.1, -0.05) is 12.1 Å². The molecule has 0 spiro atoms. The lowest BCUT2D eigenvalue weighted by molar-refractivity contribution is -0.118. The summed E-state index contributed by atoms with van der Waals surface area (Å²) in [6.07, 6.45) is 3.93. The number of hydrazone groups is 1. The number of benzene rings is 1. The minimum Gasteiger partial charge on any atom is -0.366 e. The Morgan fingerprint density at radius 1 is 1.40 bits per heavy atom. The Kier molecular flexibility index (Phi) is 3.66. The highest BCUT2D eigenvalue weighted by Crippen LogP contribution is 2.37. The molecule has 0 aliphatic carbocycles. The van der Waals surface area contributed by atoms with Crippen molar-refractivity contribution >= 4 is 23.4 Å². The van der Waals surface area contributed by atoms with E-state index in [-0.39, 0.29) is 11.4 Å². The van der Waals surface area contributed by atoms with Crippen molar-refractivity contribution in [3.8, 4) is 0 Å². The molecule has 1 aliphatic rings. The van der Waals surface area contributed by atoms with Crippen LogP contribution in [0.3, 0.4) is 0 Å². The molecular weight excluding hydrogens is 250 g/mol. The van der Waals surface area contributed by atoms with Gasteiger partial charge in [-0.2, -0.15) is 5.10 Å². The smallest absolute Gasteiger partial charge is 0.236 e. The normalized spacial score (nSPS) is 16.9. The van der Waals surface area contributed by atoms with Crippen molar-refractivity contribution in [2.45, 2.75) is 33.2 Å². The molecular formula is C16H21N3O. The van der Waals surface area contributed by atoms with E-state index >= 15 is 0 Å². The summed E-state index contributed by atoms with van der Waals surface area (Å²) >= 11 is 0. The standard InChI is InChI=1S/C16H21N3O/c1-11-9-16(3,4)19(5)15-7-6-13(8-14(11)15)10-17-18-12(2)20/h6-10H,1-5H3,(H,18,20)/b17-10+. The van der Waals surface area contributed by atoms with Gasteiger partial charge in [0.25, 0.3) is 0 Å². The molecule has 2 rings (SSSR count). The zero-order valence-corrected chi connectivity index (χ0v) is 12.7. The molecule has 0 radical (unpaired) electrons. The van der Waals surface area contributed by atoms with Crippen LogP contribution in [0, 0.1) is 0 Å². The van der Waals surface area contributed by atoms with E-state index in [9.17, 15) is 4.79 Å². The summed E-state index contributed by atoms with van der Waals surface area (Å²) in [5.41, 5.74) is 7.08. The number of carbonyl (C=O) groups is 1. The number of hydrogen-bond donors (Lipinski definition) is 1. The quantitative estimate of drug-likeness (QED) is 0.664. The summed E-state index contributed by atoms with van der Waals surface area (Å²) < 4.78 is 0. The zero-order chi connectivity index (χ0) is 14.9. The van der Waals surface area contributed by atoms with E-state index in [1.807, 2.05) is 6.07 Å². The maximum atomic E-state index is 10.8. The van der Waals surface area contributed by atoms with Crippen molar-refractivity contribution in [1.82, 2.24) is 5.43 Å². The van der Waals surface area contributed by atoms with Gasteiger partial charge in [-0.05, 0) is 44.0 Å². The lowest BCUT2D eigenvalue weighted by Gasteiger charge is -2.40. The lowest BCUT2D eigenvalue weighted by Crippen LogP contribution is -2.42. The highest BCUT2D eigenvalue weighted by molar-refractivity contribution is 5.88. The van der Waals surface area contributed by atoms with Gasteiger partial charge in [0.2, 0.25) is 5.91 Å². The number of fused-ring (bicyclic) bond motifs is 1. The average Bonchev–Trinajstić information content (AvgIpc) is 2.35. The molecule has 20 heavy (non-hydrogen) atoms. The third-order valence-corrected chi connectivity index (χ3v) is 3.68. The topological polar surface area (TPSA) is 44.7 Å². The largest absolute Gasteiger partial charge is 0.366 e. The van der Waals surface area contributed by atoms with Crippen molar-refractivity contribution in [2.75, 3.05) is 11.9 Å². The van der Waals surface area contributed by atoms with Gasteiger partial charge < -0.3 is 4.90 Å². The van der Waals surface area contributed by atoms with Crippen molar-refractivity contribution in [2.24, 2.45) is 5.10 Å². The maximum Gasteiger partial charge on any atom is 0.236 e. The van der Waals surface area contributed by atoms with Crippen LogP contribution in [0.1, 0.15) is 38.8 Å². The van der Waals surface area contributed by atoms with Crippen LogP contribution in [-0.4, -0.2) is 24.7 Å². The van der Waals surface area contributed by atoms with E-state index in [4.69, 9.17) is 0 Å². The number of nitrogens with zero attached hydrogens (tertiary/aromatic N) is 2. The first-order valence-electron chi connectivity index (χ1n) is 6.68. The zero-order valence-electron chi connectivity index (χ0n) is 12.7. The molecule has 1 heterocycles. The lowest BCUT2D eigenvalue weighted by atomic mass is 9.89. The van der Waals surface area contributed by atoms with Crippen LogP contribution in [0.25, 0.3) is 5.57 Å². The predicted octanol–water partition coefficient (Wildman–Crippen LogP) is 2.79. The van der Waals surface area contributed by atoms with E-state index in [1.165, 1.54) is 23.7 Å². The van der Waals surface area contributed by atoms with E-state index in [0.717, 1.165) is 5.56 Å². The Hall–Kier alpha value is -2.10. The second kappa shape index (κ2) is 5.12. The molecule has 0 saturated heterocycles. The Morgan fingerprint density at radius 3 is 2.75 bits per heavy atom. The first-order chi connectivity index (χ1) is 9.31. The Morgan fingerprint density at radius 2 is 2.10 bits per heavy atom. The number of likely N-dealkylation sites (N-methyl/N-ethyl adjacent to an activating group) is 1. The van der Waals surface area contributed by atoms with Crippen molar-refractivity contribution in [3.63, 3.8) is 0 Å². The van der Waals surface area contributed by atoms with E-state index < -0.39 is 0 Å². The summed E-state index contributed by atoms with van der Waals surface area (Å²) in [5.74, 6) is -0.170. The third kappa shape index (κ3) is 2.74. The van der Waals surface area contributed by atoms with Crippen LogP contribution >= 0.6 is 0 Å². The van der Waals surface area contributed by atoms with E-state index in [1.54, 1.807) is 6.21 Å². The monoisotopic (exact) mass is 271 g/mol. The molecule has 0 unspecified atom stereocenters. The Labute approximate surface area is 120 Å². The predicted molar refractivity (Wildman–Crippen MR) is 84.0 cm³/mol.